The Balaban J connectivity index is 1.77. The summed E-state index contributed by atoms with van der Waals surface area (Å²) in [7, 11) is 0. The summed E-state index contributed by atoms with van der Waals surface area (Å²) in [5, 5.41) is 72.1. The molecule has 2 fully saturated rings. The van der Waals surface area contributed by atoms with Crippen LogP contribution < -0.4 is 0 Å². The number of hydrogen-bond donors (Lipinski definition) is 7. The first kappa shape index (κ1) is 59.3. The quantitative estimate of drug-likeness (QED) is 0.0181. The zero-order chi connectivity index (χ0) is 47.3. The topological polar surface area (TPSA) is 214 Å². The van der Waals surface area contributed by atoms with E-state index in [4.69, 9.17) is 28.4 Å². The predicted octanol–water partition coefficient (Wildman–Crippen LogP) is 7.41. The van der Waals surface area contributed by atoms with Crippen LogP contribution in [-0.2, 0) is 33.2 Å². The lowest BCUT2D eigenvalue weighted by Gasteiger charge is -2.42. The number of esters is 1. The standard InChI is InChI=1S/C51H92O14/c1-3-5-7-9-11-13-15-17-18-19-20-21-22-24-26-28-30-32-34-43(53)63-40(37-60-35-33-31-29-27-25-23-16-14-12-10-8-6-4-2)38-61-50-49(59)47(57)45(55)42(65-50)39-62-51-48(58)46(56)44(54)41(36-52)64-51/h12-15,18-19,40-42,44-52,54-59H,3-11,16-17,20-39H2,1-2H3/b14-12-,15-13-,19-18-. The summed E-state index contributed by atoms with van der Waals surface area (Å²) in [4.78, 5) is 13.0. The van der Waals surface area contributed by atoms with Crippen molar-refractivity contribution in [3.63, 3.8) is 0 Å². The molecule has 11 unspecified atom stereocenters. The van der Waals surface area contributed by atoms with Crippen molar-refractivity contribution in [3.8, 4) is 0 Å². The van der Waals surface area contributed by atoms with Crippen LogP contribution in [0.3, 0.4) is 0 Å². The minimum Gasteiger partial charge on any atom is -0.457 e. The number of carbonyl (C=O) groups is 1. The van der Waals surface area contributed by atoms with Crippen molar-refractivity contribution in [2.75, 3.05) is 33.0 Å². The average molecular weight is 929 g/mol. The van der Waals surface area contributed by atoms with Gasteiger partial charge in [0.15, 0.2) is 12.6 Å². The van der Waals surface area contributed by atoms with Crippen molar-refractivity contribution in [2.24, 2.45) is 0 Å². The second-order valence-electron chi connectivity index (χ2n) is 18.0. The van der Waals surface area contributed by atoms with E-state index in [0.29, 0.717) is 13.0 Å². The molecule has 0 aromatic carbocycles. The van der Waals surface area contributed by atoms with Crippen molar-refractivity contribution in [2.45, 2.75) is 248 Å². The first-order valence-corrected chi connectivity index (χ1v) is 25.6. The van der Waals surface area contributed by atoms with E-state index in [-0.39, 0.29) is 25.6 Å². The summed E-state index contributed by atoms with van der Waals surface area (Å²) in [6.45, 7) is 3.62. The van der Waals surface area contributed by atoms with Crippen LogP contribution in [0.5, 0.6) is 0 Å². The van der Waals surface area contributed by atoms with Crippen LogP contribution in [0, 0.1) is 0 Å². The SMILES string of the molecule is CCCCC/C=C\CCCCCCCCOCC(COC1OC(COC2OC(CO)C(O)C(O)C2O)C(O)C(O)C1O)OC(=O)CCCCCCCCC/C=C\C/C=C\CCCCCC. The molecule has 0 spiro atoms. The van der Waals surface area contributed by atoms with Gasteiger partial charge >= 0.3 is 5.97 Å². The Morgan fingerprint density at radius 2 is 0.954 bits per heavy atom. The fourth-order valence-corrected chi connectivity index (χ4v) is 7.90. The number of ether oxygens (including phenoxy) is 6. The van der Waals surface area contributed by atoms with Crippen LogP contribution in [-0.4, -0.2) is 142 Å². The Morgan fingerprint density at radius 1 is 0.508 bits per heavy atom. The predicted molar refractivity (Wildman–Crippen MR) is 252 cm³/mol. The lowest BCUT2D eigenvalue weighted by molar-refractivity contribution is -0.332. The first-order chi connectivity index (χ1) is 31.6. The molecule has 2 heterocycles. The molecule has 14 heteroatoms. The van der Waals surface area contributed by atoms with Gasteiger partial charge in [-0.1, -0.05) is 140 Å². The normalized spacial score (nSPS) is 26.8. The Labute approximate surface area is 391 Å². The summed E-state index contributed by atoms with van der Waals surface area (Å²) >= 11 is 0. The summed E-state index contributed by atoms with van der Waals surface area (Å²) in [5.74, 6) is -0.387. The lowest BCUT2D eigenvalue weighted by Crippen LogP contribution is -2.61. The van der Waals surface area contributed by atoms with Gasteiger partial charge in [0.2, 0.25) is 0 Å². The second kappa shape index (κ2) is 39.1. The van der Waals surface area contributed by atoms with Gasteiger partial charge in [0, 0.05) is 13.0 Å². The first-order valence-electron chi connectivity index (χ1n) is 25.6. The highest BCUT2D eigenvalue weighted by Gasteiger charge is 2.47. The monoisotopic (exact) mass is 929 g/mol. The zero-order valence-corrected chi connectivity index (χ0v) is 40.2. The number of aliphatic hydroxyl groups excluding tert-OH is 7. The molecule has 380 valence electrons. The molecule has 0 radical (unpaired) electrons. The van der Waals surface area contributed by atoms with E-state index >= 15 is 0 Å². The molecule has 14 nitrogen and oxygen atoms in total. The van der Waals surface area contributed by atoms with E-state index in [1.807, 2.05) is 0 Å². The van der Waals surface area contributed by atoms with Gasteiger partial charge in [-0.3, -0.25) is 4.79 Å². The molecule has 0 amide bonds. The van der Waals surface area contributed by atoms with E-state index in [1.54, 1.807) is 0 Å². The summed E-state index contributed by atoms with van der Waals surface area (Å²) in [6.07, 6.45) is 26.3. The largest absolute Gasteiger partial charge is 0.457 e. The van der Waals surface area contributed by atoms with Gasteiger partial charge in [-0.25, -0.2) is 0 Å². The lowest BCUT2D eigenvalue weighted by atomic mass is 9.98. The fourth-order valence-electron chi connectivity index (χ4n) is 7.90. The third-order valence-electron chi connectivity index (χ3n) is 12.1. The molecule has 2 aliphatic rings. The van der Waals surface area contributed by atoms with E-state index in [0.717, 1.165) is 57.8 Å². The molecular weight excluding hydrogens is 837 g/mol. The highest BCUT2D eigenvalue weighted by molar-refractivity contribution is 5.69. The van der Waals surface area contributed by atoms with Gasteiger partial charge in [0.05, 0.1) is 26.4 Å². The van der Waals surface area contributed by atoms with Crippen LogP contribution in [0.25, 0.3) is 0 Å². The fraction of sp³-hybridized carbons (Fsp3) is 0.863. The number of aliphatic hydroxyl groups is 7. The molecule has 65 heavy (non-hydrogen) atoms. The summed E-state index contributed by atoms with van der Waals surface area (Å²) < 4.78 is 34.2. The maximum Gasteiger partial charge on any atom is 0.306 e. The molecular formula is C51H92O14. The third kappa shape index (κ3) is 27.1. The van der Waals surface area contributed by atoms with Crippen molar-refractivity contribution in [1.82, 2.24) is 0 Å². The number of rotatable bonds is 40. The molecule has 11 atom stereocenters. The van der Waals surface area contributed by atoms with E-state index in [9.17, 15) is 40.5 Å². The zero-order valence-electron chi connectivity index (χ0n) is 40.2. The number of unbranched alkanes of at least 4 members (excludes halogenated alkanes) is 20. The maximum absolute atomic E-state index is 13.0. The second-order valence-corrected chi connectivity index (χ2v) is 18.0. The Kier molecular flexibility index (Phi) is 35.7. The number of hydrogen-bond acceptors (Lipinski definition) is 14. The van der Waals surface area contributed by atoms with Crippen LogP contribution in [0.15, 0.2) is 36.5 Å². The number of carbonyl (C=O) groups excluding carboxylic acids is 1. The Morgan fingerprint density at radius 3 is 1.52 bits per heavy atom. The maximum atomic E-state index is 13.0. The van der Waals surface area contributed by atoms with Crippen molar-refractivity contribution in [1.29, 1.82) is 0 Å². The van der Waals surface area contributed by atoms with Gasteiger partial charge in [0.1, 0.15) is 54.9 Å². The van der Waals surface area contributed by atoms with Gasteiger partial charge in [-0.2, -0.15) is 0 Å². The third-order valence-corrected chi connectivity index (χ3v) is 12.1. The minimum absolute atomic E-state index is 0.0546. The smallest absolute Gasteiger partial charge is 0.306 e. The molecule has 2 saturated heterocycles. The number of allylic oxidation sites excluding steroid dienone is 6. The Hall–Kier alpha value is -1.79. The molecule has 0 bridgehead atoms. The average Bonchev–Trinajstić information content (AvgIpc) is 3.30. The van der Waals surface area contributed by atoms with Gasteiger partial charge < -0.3 is 64.2 Å². The van der Waals surface area contributed by atoms with Gasteiger partial charge in [-0.05, 0) is 70.6 Å². The van der Waals surface area contributed by atoms with Crippen molar-refractivity contribution < 1.29 is 69.0 Å². The molecule has 0 aromatic rings. The van der Waals surface area contributed by atoms with E-state index < -0.39 is 80.7 Å². The van der Waals surface area contributed by atoms with Crippen LogP contribution in [0.2, 0.25) is 0 Å². The molecule has 2 rings (SSSR count). The van der Waals surface area contributed by atoms with Crippen LogP contribution in [0.4, 0.5) is 0 Å². The summed E-state index contributed by atoms with van der Waals surface area (Å²) in [6, 6.07) is 0. The van der Waals surface area contributed by atoms with Gasteiger partial charge in [-0.15, -0.1) is 0 Å². The molecule has 2 aliphatic heterocycles. The van der Waals surface area contributed by atoms with E-state index in [2.05, 4.69) is 50.3 Å². The minimum atomic E-state index is -1.71. The summed E-state index contributed by atoms with van der Waals surface area (Å²) in [5.41, 5.74) is 0. The van der Waals surface area contributed by atoms with Crippen molar-refractivity contribution in [3.05, 3.63) is 36.5 Å². The van der Waals surface area contributed by atoms with Crippen molar-refractivity contribution >= 4 is 5.97 Å². The van der Waals surface area contributed by atoms with Crippen LogP contribution >= 0.6 is 0 Å². The molecule has 7 N–H and O–H groups in total. The van der Waals surface area contributed by atoms with Gasteiger partial charge in [0.25, 0.3) is 0 Å². The molecule has 0 aliphatic carbocycles. The molecule has 0 aromatic heterocycles. The van der Waals surface area contributed by atoms with Crippen LogP contribution in [0.1, 0.15) is 181 Å². The highest BCUT2D eigenvalue weighted by atomic mass is 16.7. The van der Waals surface area contributed by atoms with E-state index in [1.165, 1.54) is 96.3 Å². The molecule has 0 saturated carbocycles. The highest BCUT2D eigenvalue weighted by Crippen LogP contribution is 2.26. The Bertz CT molecular complexity index is 1220.